The molecular formula is C31H30N2O4. The zero-order valence-corrected chi connectivity index (χ0v) is 20.7. The first kappa shape index (κ1) is 24.8. The van der Waals surface area contributed by atoms with Crippen molar-refractivity contribution in [3.8, 4) is 11.8 Å². The highest BCUT2D eigenvalue weighted by Crippen LogP contribution is 2.41. The molecule has 0 spiro atoms. The lowest BCUT2D eigenvalue weighted by Crippen LogP contribution is -2.44. The Morgan fingerprint density at radius 1 is 0.973 bits per heavy atom. The molecule has 0 bridgehead atoms. The molecule has 1 N–H and O–H groups in total. The third-order valence-electron chi connectivity index (χ3n) is 7.30. The first-order chi connectivity index (χ1) is 18.1. The van der Waals surface area contributed by atoms with E-state index in [0.29, 0.717) is 23.3 Å². The minimum atomic E-state index is -1.01. The first-order valence-corrected chi connectivity index (χ1v) is 12.7. The summed E-state index contributed by atoms with van der Waals surface area (Å²) >= 11 is 0. The standard InChI is InChI=1S/C31H30N2O4/c32-22-27-20-29(34)28-13-12-26(21-30(28)37-27)36-19-7-16-33-17-14-25(15-18-33)31(35,23-8-3-1-4-9-23)24-10-5-2-6-11-24/h1-6,8-13,20-21,25,35H,7,14-19H2. The van der Waals surface area contributed by atoms with E-state index in [1.807, 2.05) is 66.7 Å². The number of benzene rings is 3. The van der Waals surface area contributed by atoms with E-state index < -0.39 is 5.60 Å². The molecule has 1 aromatic heterocycles. The van der Waals surface area contributed by atoms with Crippen LogP contribution >= 0.6 is 0 Å². The van der Waals surface area contributed by atoms with Gasteiger partial charge in [-0.2, -0.15) is 5.26 Å². The Kier molecular flexibility index (Phi) is 7.36. The maximum absolute atomic E-state index is 12.1. The first-order valence-electron chi connectivity index (χ1n) is 12.7. The second kappa shape index (κ2) is 11.0. The molecule has 0 aliphatic carbocycles. The molecular weight excluding hydrogens is 464 g/mol. The van der Waals surface area contributed by atoms with Crippen LogP contribution in [0.15, 0.2) is 94.1 Å². The van der Waals surface area contributed by atoms with Gasteiger partial charge in [0.05, 0.1) is 12.0 Å². The molecule has 0 atom stereocenters. The normalized spacial score (nSPS) is 14.9. The van der Waals surface area contributed by atoms with Gasteiger partial charge in [0.1, 0.15) is 23.0 Å². The maximum atomic E-state index is 12.1. The van der Waals surface area contributed by atoms with Crippen molar-refractivity contribution in [3.05, 3.63) is 112 Å². The van der Waals surface area contributed by atoms with Crippen LogP contribution in [-0.2, 0) is 5.60 Å². The highest BCUT2D eigenvalue weighted by atomic mass is 16.5. The molecule has 6 heteroatoms. The minimum absolute atomic E-state index is 0.00974. The van der Waals surface area contributed by atoms with Crippen LogP contribution in [0.5, 0.6) is 5.75 Å². The Morgan fingerprint density at radius 3 is 2.24 bits per heavy atom. The van der Waals surface area contributed by atoms with Crippen molar-refractivity contribution >= 4 is 11.0 Å². The Morgan fingerprint density at radius 2 is 1.62 bits per heavy atom. The molecule has 1 saturated heterocycles. The molecule has 37 heavy (non-hydrogen) atoms. The third kappa shape index (κ3) is 5.29. The number of hydrogen-bond donors (Lipinski definition) is 1. The lowest BCUT2D eigenvalue weighted by Gasteiger charge is -2.42. The van der Waals surface area contributed by atoms with E-state index in [-0.39, 0.29) is 17.1 Å². The van der Waals surface area contributed by atoms with Gasteiger partial charge in [-0.15, -0.1) is 0 Å². The summed E-state index contributed by atoms with van der Waals surface area (Å²) in [6, 6.07) is 28.2. The van der Waals surface area contributed by atoms with Crippen molar-refractivity contribution in [2.24, 2.45) is 5.92 Å². The lowest BCUT2D eigenvalue weighted by molar-refractivity contribution is -0.0146. The second-order valence-corrected chi connectivity index (χ2v) is 9.56. The molecule has 0 amide bonds. The van der Waals surface area contributed by atoms with Crippen molar-refractivity contribution in [1.29, 1.82) is 5.26 Å². The molecule has 0 radical (unpaired) electrons. The van der Waals surface area contributed by atoms with Gasteiger partial charge >= 0.3 is 0 Å². The van der Waals surface area contributed by atoms with Crippen LogP contribution in [0, 0.1) is 17.2 Å². The molecule has 3 aromatic carbocycles. The van der Waals surface area contributed by atoms with Crippen molar-refractivity contribution in [3.63, 3.8) is 0 Å². The molecule has 0 saturated carbocycles. The van der Waals surface area contributed by atoms with Gasteiger partial charge in [0, 0.05) is 18.7 Å². The smallest absolute Gasteiger partial charge is 0.207 e. The molecule has 2 heterocycles. The zero-order chi connectivity index (χ0) is 25.7. The predicted octanol–water partition coefficient (Wildman–Crippen LogP) is 5.08. The van der Waals surface area contributed by atoms with Crippen LogP contribution in [0.3, 0.4) is 0 Å². The quantitative estimate of drug-likeness (QED) is 0.344. The molecule has 6 nitrogen and oxygen atoms in total. The van der Waals surface area contributed by atoms with E-state index in [2.05, 4.69) is 4.90 Å². The van der Waals surface area contributed by atoms with Gasteiger partial charge in [0.2, 0.25) is 5.76 Å². The number of nitriles is 1. The largest absolute Gasteiger partial charge is 0.493 e. The number of nitrogens with zero attached hydrogens (tertiary/aromatic N) is 2. The van der Waals surface area contributed by atoms with Crippen LogP contribution in [0.4, 0.5) is 0 Å². The van der Waals surface area contributed by atoms with Crippen molar-refractivity contribution < 1.29 is 14.3 Å². The minimum Gasteiger partial charge on any atom is -0.493 e. The number of hydrogen-bond acceptors (Lipinski definition) is 6. The fourth-order valence-electron chi connectivity index (χ4n) is 5.36. The van der Waals surface area contributed by atoms with E-state index in [1.54, 1.807) is 18.2 Å². The fraction of sp³-hybridized carbons (Fsp3) is 0.290. The average Bonchev–Trinajstić information content (AvgIpc) is 2.96. The number of likely N-dealkylation sites (tertiary alicyclic amines) is 1. The van der Waals surface area contributed by atoms with Gasteiger partial charge in [-0.05, 0) is 61.5 Å². The number of aliphatic hydroxyl groups is 1. The lowest BCUT2D eigenvalue weighted by atomic mass is 9.72. The Bertz CT molecular complexity index is 1400. The van der Waals surface area contributed by atoms with Crippen molar-refractivity contribution in [2.75, 3.05) is 26.2 Å². The van der Waals surface area contributed by atoms with E-state index >= 15 is 0 Å². The fourth-order valence-corrected chi connectivity index (χ4v) is 5.36. The van der Waals surface area contributed by atoms with Crippen LogP contribution < -0.4 is 10.2 Å². The topological polar surface area (TPSA) is 86.7 Å². The summed E-state index contributed by atoms with van der Waals surface area (Å²) in [5.41, 5.74) is 1.00. The Hall–Kier alpha value is -3.92. The summed E-state index contributed by atoms with van der Waals surface area (Å²) in [6.07, 6.45) is 2.67. The number of fused-ring (bicyclic) bond motifs is 1. The van der Waals surface area contributed by atoms with Gasteiger partial charge in [0.15, 0.2) is 5.43 Å². The predicted molar refractivity (Wildman–Crippen MR) is 142 cm³/mol. The van der Waals surface area contributed by atoms with Gasteiger partial charge in [0.25, 0.3) is 0 Å². The van der Waals surface area contributed by atoms with Gasteiger partial charge in [-0.3, -0.25) is 4.79 Å². The molecule has 188 valence electrons. The van der Waals surface area contributed by atoms with Crippen LogP contribution in [0.1, 0.15) is 36.1 Å². The van der Waals surface area contributed by atoms with Crippen molar-refractivity contribution in [2.45, 2.75) is 24.9 Å². The summed E-state index contributed by atoms with van der Waals surface area (Å²) in [6.45, 7) is 3.28. The maximum Gasteiger partial charge on any atom is 0.207 e. The van der Waals surface area contributed by atoms with E-state index in [0.717, 1.165) is 50.0 Å². The Labute approximate surface area is 216 Å². The number of ether oxygens (including phenoxy) is 1. The van der Waals surface area contributed by atoms with Crippen LogP contribution in [0.2, 0.25) is 0 Å². The van der Waals surface area contributed by atoms with E-state index in [4.69, 9.17) is 14.4 Å². The second-order valence-electron chi connectivity index (χ2n) is 9.56. The van der Waals surface area contributed by atoms with Crippen LogP contribution in [0.25, 0.3) is 11.0 Å². The van der Waals surface area contributed by atoms with Gasteiger partial charge in [-0.1, -0.05) is 60.7 Å². The van der Waals surface area contributed by atoms with Crippen molar-refractivity contribution in [1.82, 2.24) is 4.90 Å². The highest BCUT2D eigenvalue weighted by Gasteiger charge is 2.41. The molecule has 5 rings (SSSR count). The molecule has 4 aromatic rings. The zero-order valence-electron chi connectivity index (χ0n) is 20.7. The molecule has 0 unspecified atom stereocenters. The molecule has 1 aliphatic heterocycles. The third-order valence-corrected chi connectivity index (χ3v) is 7.30. The number of piperidine rings is 1. The Balaban J connectivity index is 1.16. The average molecular weight is 495 g/mol. The summed E-state index contributed by atoms with van der Waals surface area (Å²) in [5.74, 6) is 0.736. The summed E-state index contributed by atoms with van der Waals surface area (Å²) < 4.78 is 11.4. The summed E-state index contributed by atoms with van der Waals surface area (Å²) in [5, 5.41) is 21.5. The monoisotopic (exact) mass is 494 g/mol. The molecule has 1 aliphatic rings. The summed E-state index contributed by atoms with van der Waals surface area (Å²) in [7, 11) is 0. The van der Waals surface area contributed by atoms with Gasteiger partial charge in [-0.25, -0.2) is 0 Å². The summed E-state index contributed by atoms with van der Waals surface area (Å²) in [4.78, 5) is 14.5. The SMILES string of the molecule is N#Cc1cc(=O)c2ccc(OCCCN3CCC(C(O)(c4ccccc4)c4ccccc4)CC3)cc2o1. The van der Waals surface area contributed by atoms with E-state index in [9.17, 15) is 9.90 Å². The van der Waals surface area contributed by atoms with Crippen LogP contribution in [-0.4, -0.2) is 36.2 Å². The van der Waals surface area contributed by atoms with Gasteiger partial charge < -0.3 is 19.2 Å². The number of rotatable bonds is 8. The molecule has 1 fully saturated rings. The highest BCUT2D eigenvalue weighted by molar-refractivity contribution is 5.78. The van der Waals surface area contributed by atoms with E-state index in [1.165, 1.54) is 6.07 Å².